The van der Waals surface area contributed by atoms with Crippen molar-refractivity contribution in [3.8, 4) is 11.4 Å². The van der Waals surface area contributed by atoms with E-state index in [1.807, 2.05) is 24.3 Å². The van der Waals surface area contributed by atoms with Crippen molar-refractivity contribution in [2.75, 3.05) is 19.6 Å². The maximum atomic E-state index is 13.1. The van der Waals surface area contributed by atoms with Crippen LogP contribution >= 0.6 is 11.6 Å². The summed E-state index contributed by atoms with van der Waals surface area (Å²) in [5.41, 5.74) is 2.70. The molecule has 1 aromatic heterocycles. The lowest BCUT2D eigenvalue weighted by Gasteiger charge is -2.22. The minimum atomic E-state index is -0.0335. The van der Waals surface area contributed by atoms with Crippen LogP contribution < -0.4 is 5.32 Å². The van der Waals surface area contributed by atoms with Crippen LogP contribution in [-0.4, -0.2) is 46.0 Å². The summed E-state index contributed by atoms with van der Waals surface area (Å²) in [5.74, 6) is 0.851. The molecule has 5 nitrogen and oxygen atoms in total. The zero-order valence-electron chi connectivity index (χ0n) is 16.6. The first-order valence-corrected chi connectivity index (χ1v) is 10.9. The van der Waals surface area contributed by atoms with Crippen LogP contribution in [0.15, 0.2) is 24.3 Å². The standard InChI is InChI=1S/C22H29ClN4O/c1-2-26-13-6-7-18(26)15-24-22(28)20-19-8-4-3-5-14-27(19)21(25-20)16-9-11-17(23)12-10-16/h9-12,18H,2-8,13-15H2,1H3,(H,24,28). The van der Waals surface area contributed by atoms with E-state index in [-0.39, 0.29) is 5.91 Å². The van der Waals surface area contributed by atoms with Gasteiger partial charge in [-0.1, -0.05) is 24.9 Å². The number of aromatic nitrogens is 2. The van der Waals surface area contributed by atoms with Gasteiger partial charge in [0.05, 0.1) is 5.69 Å². The molecular weight excluding hydrogens is 372 g/mol. The SMILES string of the molecule is CCN1CCCC1CNC(=O)c1nc(-c2ccc(Cl)cc2)n2c1CCCCC2. The van der Waals surface area contributed by atoms with Crippen LogP contribution in [0, 0.1) is 0 Å². The number of amides is 1. The monoisotopic (exact) mass is 400 g/mol. The molecule has 0 bridgehead atoms. The van der Waals surface area contributed by atoms with Crippen molar-refractivity contribution in [2.45, 2.75) is 58.0 Å². The first-order chi connectivity index (χ1) is 13.7. The Bertz CT molecular complexity index is 830. The van der Waals surface area contributed by atoms with Crippen LogP contribution in [0.4, 0.5) is 0 Å². The number of nitrogens with zero attached hydrogens (tertiary/aromatic N) is 3. The largest absolute Gasteiger partial charge is 0.349 e. The Morgan fingerprint density at radius 1 is 1.18 bits per heavy atom. The molecule has 0 radical (unpaired) electrons. The number of halogens is 1. The maximum absolute atomic E-state index is 13.1. The smallest absolute Gasteiger partial charge is 0.271 e. The summed E-state index contributed by atoms with van der Waals surface area (Å²) in [5, 5.41) is 3.88. The number of hydrogen-bond donors (Lipinski definition) is 1. The van der Waals surface area contributed by atoms with Gasteiger partial charge in [-0.2, -0.15) is 0 Å². The number of rotatable bonds is 5. The molecule has 0 aliphatic carbocycles. The second kappa shape index (κ2) is 8.66. The van der Waals surface area contributed by atoms with E-state index in [1.54, 1.807) is 0 Å². The molecule has 1 fully saturated rings. The van der Waals surface area contributed by atoms with Gasteiger partial charge in [-0.3, -0.25) is 9.69 Å². The van der Waals surface area contributed by atoms with Crippen molar-refractivity contribution in [1.82, 2.24) is 19.8 Å². The van der Waals surface area contributed by atoms with E-state index < -0.39 is 0 Å². The highest BCUT2D eigenvalue weighted by Crippen LogP contribution is 2.28. The number of likely N-dealkylation sites (N-methyl/N-ethyl adjacent to an activating group) is 1. The molecule has 1 N–H and O–H groups in total. The molecular formula is C22H29ClN4O. The summed E-state index contributed by atoms with van der Waals surface area (Å²) in [6.07, 6.45) is 6.71. The third kappa shape index (κ3) is 3.96. The average Bonchev–Trinajstić information content (AvgIpc) is 3.23. The Labute approximate surface area is 172 Å². The first kappa shape index (κ1) is 19.5. The van der Waals surface area contributed by atoms with Gasteiger partial charge >= 0.3 is 0 Å². The lowest BCUT2D eigenvalue weighted by molar-refractivity contribution is 0.0935. The van der Waals surface area contributed by atoms with Crippen molar-refractivity contribution >= 4 is 17.5 Å². The number of benzene rings is 1. The van der Waals surface area contributed by atoms with Crippen molar-refractivity contribution in [2.24, 2.45) is 0 Å². The zero-order chi connectivity index (χ0) is 19.5. The number of carbonyl (C=O) groups excluding carboxylic acids is 1. The Morgan fingerprint density at radius 2 is 2.00 bits per heavy atom. The fraction of sp³-hybridized carbons (Fsp3) is 0.545. The molecule has 2 aliphatic rings. The van der Waals surface area contributed by atoms with Crippen LogP contribution in [0.5, 0.6) is 0 Å². The second-order valence-electron chi connectivity index (χ2n) is 7.83. The predicted octanol–water partition coefficient (Wildman–Crippen LogP) is 4.14. The van der Waals surface area contributed by atoms with Gasteiger partial charge in [0.15, 0.2) is 0 Å². The molecule has 3 heterocycles. The van der Waals surface area contributed by atoms with E-state index in [2.05, 4.69) is 21.7 Å². The van der Waals surface area contributed by atoms with Gasteiger partial charge in [-0.05, 0) is 69.5 Å². The molecule has 4 rings (SSSR count). The number of nitrogens with one attached hydrogen (secondary N) is 1. The third-order valence-corrected chi connectivity index (χ3v) is 6.34. The highest BCUT2D eigenvalue weighted by Gasteiger charge is 2.27. The Morgan fingerprint density at radius 3 is 2.79 bits per heavy atom. The molecule has 0 spiro atoms. The Balaban J connectivity index is 1.59. The number of carbonyl (C=O) groups is 1. The van der Waals surface area contributed by atoms with E-state index in [1.165, 1.54) is 12.8 Å². The van der Waals surface area contributed by atoms with Gasteiger partial charge < -0.3 is 9.88 Å². The maximum Gasteiger partial charge on any atom is 0.271 e. The van der Waals surface area contributed by atoms with Crippen molar-refractivity contribution in [1.29, 1.82) is 0 Å². The van der Waals surface area contributed by atoms with Gasteiger partial charge in [0, 0.05) is 29.7 Å². The van der Waals surface area contributed by atoms with Gasteiger partial charge in [0.1, 0.15) is 11.5 Å². The minimum absolute atomic E-state index is 0.0335. The number of likely N-dealkylation sites (tertiary alicyclic amines) is 1. The van der Waals surface area contributed by atoms with Crippen LogP contribution in [0.25, 0.3) is 11.4 Å². The van der Waals surface area contributed by atoms with Crippen molar-refractivity contribution < 1.29 is 4.79 Å². The Hall–Kier alpha value is -1.85. The topological polar surface area (TPSA) is 50.2 Å². The van der Waals surface area contributed by atoms with E-state index >= 15 is 0 Å². The van der Waals surface area contributed by atoms with Gasteiger partial charge in [-0.25, -0.2) is 4.98 Å². The molecule has 1 unspecified atom stereocenters. The fourth-order valence-electron chi connectivity index (χ4n) is 4.56. The number of imidazole rings is 1. The van der Waals surface area contributed by atoms with Crippen LogP contribution in [-0.2, 0) is 13.0 Å². The molecule has 28 heavy (non-hydrogen) atoms. The quantitative estimate of drug-likeness (QED) is 0.820. The molecule has 1 atom stereocenters. The Kier molecular flexibility index (Phi) is 6.02. The summed E-state index contributed by atoms with van der Waals surface area (Å²) in [6.45, 7) is 5.99. The van der Waals surface area contributed by atoms with E-state index in [0.29, 0.717) is 23.3 Å². The molecule has 0 saturated carbocycles. The summed E-state index contributed by atoms with van der Waals surface area (Å²) < 4.78 is 2.25. The molecule has 2 aromatic rings. The minimum Gasteiger partial charge on any atom is -0.349 e. The van der Waals surface area contributed by atoms with E-state index in [4.69, 9.17) is 16.6 Å². The van der Waals surface area contributed by atoms with Crippen LogP contribution in [0.2, 0.25) is 5.02 Å². The summed E-state index contributed by atoms with van der Waals surface area (Å²) in [4.78, 5) is 20.3. The lowest BCUT2D eigenvalue weighted by atomic mass is 10.1. The summed E-state index contributed by atoms with van der Waals surface area (Å²) in [7, 11) is 0. The lowest BCUT2D eigenvalue weighted by Crippen LogP contribution is -2.40. The number of fused-ring (bicyclic) bond motifs is 1. The number of hydrogen-bond acceptors (Lipinski definition) is 3. The molecule has 6 heteroatoms. The van der Waals surface area contributed by atoms with E-state index in [0.717, 1.165) is 62.4 Å². The molecule has 1 amide bonds. The van der Waals surface area contributed by atoms with Gasteiger partial charge in [0.2, 0.25) is 0 Å². The van der Waals surface area contributed by atoms with Crippen LogP contribution in [0.1, 0.15) is 55.2 Å². The van der Waals surface area contributed by atoms with Crippen LogP contribution in [0.3, 0.4) is 0 Å². The normalized spacial score (nSPS) is 20.0. The first-order valence-electron chi connectivity index (χ1n) is 10.5. The highest BCUT2D eigenvalue weighted by molar-refractivity contribution is 6.30. The highest BCUT2D eigenvalue weighted by atomic mass is 35.5. The summed E-state index contributed by atoms with van der Waals surface area (Å²) in [6, 6.07) is 8.19. The van der Waals surface area contributed by atoms with E-state index in [9.17, 15) is 4.79 Å². The van der Waals surface area contributed by atoms with Gasteiger partial charge in [-0.15, -0.1) is 0 Å². The second-order valence-corrected chi connectivity index (χ2v) is 8.27. The summed E-state index contributed by atoms with van der Waals surface area (Å²) >= 11 is 6.06. The van der Waals surface area contributed by atoms with Crippen molar-refractivity contribution in [3.63, 3.8) is 0 Å². The average molecular weight is 401 g/mol. The zero-order valence-corrected chi connectivity index (χ0v) is 17.3. The van der Waals surface area contributed by atoms with Crippen molar-refractivity contribution in [3.05, 3.63) is 40.7 Å². The van der Waals surface area contributed by atoms with Gasteiger partial charge in [0.25, 0.3) is 5.91 Å². The predicted molar refractivity (Wildman–Crippen MR) is 113 cm³/mol. The molecule has 1 saturated heterocycles. The third-order valence-electron chi connectivity index (χ3n) is 6.09. The molecule has 1 aromatic carbocycles. The molecule has 150 valence electrons. The fourth-order valence-corrected chi connectivity index (χ4v) is 4.68. The molecule has 2 aliphatic heterocycles.